The van der Waals surface area contributed by atoms with Gasteiger partial charge in [-0.2, -0.15) is 4.31 Å². The number of benzene rings is 1. The topological polar surface area (TPSA) is 92.3 Å². The molecule has 0 spiro atoms. The number of nitrogens with one attached hydrogen (secondary N) is 1. The van der Waals surface area contributed by atoms with Crippen molar-refractivity contribution in [3.05, 3.63) is 47.2 Å². The van der Waals surface area contributed by atoms with E-state index in [4.69, 9.17) is 11.6 Å². The highest BCUT2D eigenvalue weighted by molar-refractivity contribution is 7.89. The first-order valence-corrected chi connectivity index (χ1v) is 11.8. The second-order valence-electron chi connectivity index (χ2n) is 7.08. The third-order valence-corrected chi connectivity index (χ3v) is 8.02. The van der Waals surface area contributed by atoms with Crippen LogP contribution < -0.4 is 5.32 Å². The first-order chi connectivity index (χ1) is 13.8. The van der Waals surface area contributed by atoms with Gasteiger partial charge in [0, 0.05) is 30.9 Å². The molecule has 1 aromatic carbocycles. The standard InChI is InChI=1S/C19H19ClN4O3S2/c1-12-10-24(29(26,27)14-3-5-18(20)21-9-14)7-6-15(12)19(25)23-13-2-4-17-16(8-13)22-11-28-17/h2-5,8-9,11-12,15H,6-7,10H2,1H3,(H,23,25)/t12-,15-/m1/s1. The van der Waals surface area contributed by atoms with Gasteiger partial charge in [-0.05, 0) is 42.7 Å². The molecular weight excluding hydrogens is 432 g/mol. The van der Waals surface area contributed by atoms with E-state index in [1.807, 2.05) is 25.1 Å². The Morgan fingerprint density at radius 2 is 2.10 bits per heavy atom. The van der Waals surface area contributed by atoms with Crippen LogP contribution in [0.15, 0.2) is 46.9 Å². The van der Waals surface area contributed by atoms with E-state index < -0.39 is 10.0 Å². The van der Waals surface area contributed by atoms with Crippen LogP contribution in [0.1, 0.15) is 13.3 Å². The number of hydrogen-bond acceptors (Lipinski definition) is 6. The zero-order valence-electron chi connectivity index (χ0n) is 15.6. The molecule has 1 aliphatic rings. The van der Waals surface area contributed by atoms with Gasteiger partial charge in [-0.15, -0.1) is 11.3 Å². The Morgan fingerprint density at radius 3 is 2.83 bits per heavy atom. The molecular formula is C19H19ClN4O3S2. The molecule has 0 bridgehead atoms. The number of fused-ring (bicyclic) bond motifs is 1. The monoisotopic (exact) mass is 450 g/mol. The largest absolute Gasteiger partial charge is 0.326 e. The van der Waals surface area contributed by atoms with E-state index in [2.05, 4.69) is 15.3 Å². The van der Waals surface area contributed by atoms with Crippen LogP contribution in [0.3, 0.4) is 0 Å². The number of carbonyl (C=O) groups excluding carboxylic acids is 1. The van der Waals surface area contributed by atoms with Gasteiger partial charge in [0.15, 0.2) is 0 Å². The van der Waals surface area contributed by atoms with E-state index in [0.29, 0.717) is 12.1 Å². The minimum atomic E-state index is -3.66. The van der Waals surface area contributed by atoms with Gasteiger partial charge in [-0.25, -0.2) is 18.4 Å². The van der Waals surface area contributed by atoms with Crippen LogP contribution in [0.5, 0.6) is 0 Å². The van der Waals surface area contributed by atoms with Crippen LogP contribution in [-0.2, 0) is 14.8 Å². The quantitative estimate of drug-likeness (QED) is 0.613. The Morgan fingerprint density at radius 1 is 1.28 bits per heavy atom. The van der Waals surface area contributed by atoms with Crippen molar-refractivity contribution in [2.75, 3.05) is 18.4 Å². The van der Waals surface area contributed by atoms with Crippen molar-refractivity contribution >= 4 is 54.8 Å². The lowest BCUT2D eigenvalue weighted by atomic mass is 9.87. The molecule has 1 N–H and O–H groups in total. The van der Waals surface area contributed by atoms with Gasteiger partial charge in [0.25, 0.3) is 0 Å². The van der Waals surface area contributed by atoms with Crippen LogP contribution in [-0.4, -0.2) is 41.7 Å². The summed E-state index contributed by atoms with van der Waals surface area (Å²) in [5.41, 5.74) is 3.31. The number of pyridine rings is 1. The lowest BCUT2D eigenvalue weighted by Gasteiger charge is -2.35. The van der Waals surface area contributed by atoms with Crippen molar-refractivity contribution < 1.29 is 13.2 Å². The summed E-state index contributed by atoms with van der Waals surface area (Å²) in [5.74, 6) is -0.491. The molecule has 0 unspecified atom stereocenters. The maximum Gasteiger partial charge on any atom is 0.244 e. The van der Waals surface area contributed by atoms with Gasteiger partial charge in [-0.1, -0.05) is 18.5 Å². The molecule has 152 valence electrons. The molecule has 29 heavy (non-hydrogen) atoms. The number of thiazole rings is 1. The molecule has 1 saturated heterocycles. The highest BCUT2D eigenvalue weighted by Gasteiger charge is 2.36. The molecule has 0 saturated carbocycles. The number of anilines is 1. The Balaban J connectivity index is 1.44. The molecule has 4 rings (SSSR count). The van der Waals surface area contributed by atoms with Gasteiger partial charge in [-0.3, -0.25) is 4.79 Å². The van der Waals surface area contributed by atoms with Gasteiger partial charge in [0.1, 0.15) is 10.0 Å². The first-order valence-electron chi connectivity index (χ1n) is 9.10. The molecule has 10 heteroatoms. The summed E-state index contributed by atoms with van der Waals surface area (Å²) in [6.07, 6.45) is 1.71. The fourth-order valence-corrected chi connectivity index (χ4v) is 5.82. The molecule has 7 nitrogen and oxygen atoms in total. The van der Waals surface area contributed by atoms with E-state index >= 15 is 0 Å². The van der Waals surface area contributed by atoms with Crippen molar-refractivity contribution in [3.63, 3.8) is 0 Å². The van der Waals surface area contributed by atoms with Crippen molar-refractivity contribution in [2.24, 2.45) is 11.8 Å². The molecule has 1 amide bonds. The molecule has 2 aromatic heterocycles. The summed E-state index contributed by atoms with van der Waals surface area (Å²) < 4.78 is 28.2. The van der Waals surface area contributed by atoms with Gasteiger partial charge in [0.05, 0.1) is 15.7 Å². The van der Waals surface area contributed by atoms with E-state index in [1.54, 1.807) is 16.8 Å². The van der Waals surface area contributed by atoms with Gasteiger partial charge >= 0.3 is 0 Å². The van der Waals surface area contributed by atoms with E-state index in [9.17, 15) is 13.2 Å². The minimum absolute atomic E-state index is 0.0997. The number of amides is 1. The summed E-state index contributed by atoms with van der Waals surface area (Å²) in [7, 11) is -3.66. The third kappa shape index (κ3) is 4.13. The zero-order chi connectivity index (χ0) is 20.6. The van der Waals surface area contributed by atoms with E-state index in [0.717, 1.165) is 10.2 Å². The highest BCUT2D eigenvalue weighted by Crippen LogP contribution is 2.29. The SMILES string of the molecule is C[C@@H]1CN(S(=O)(=O)c2ccc(Cl)nc2)CC[C@H]1C(=O)Nc1ccc2scnc2c1. The second-order valence-corrected chi connectivity index (χ2v) is 10.3. The lowest BCUT2D eigenvalue weighted by Crippen LogP contribution is -2.46. The van der Waals surface area contributed by atoms with E-state index in [-0.39, 0.29) is 40.9 Å². The maximum atomic E-state index is 12.8. The number of hydrogen-bond donors (Lipinski definition) is 1. The van der Waals surface area contributed by atoms with Crippen LogP contribution >= 0.6 is 22.9 Å². The average molecular weight is 451 g/mol. The van der Waals surface area contributed by atoms with Gasteiger partial charge in [0.2, 0.25) is 15.9 Å². The van der Waals surface area contributed by atoms with Crippen molar-refractivity contribution in [2.45, 2.75) is 18.2 Å². The molecule has 3 heterocycles. The number of halogens is 1. The highest BCUT2D eigenvalue weighted by atomic mass is 35.5. The maximum absolute atomic E-state index is 12.8. The fourth-order valence-electron chi connectivity index (χ4n) is 3.55. The number of nitrogens with zero attached hydrogens (tertiary/aromatic N) is 3. The summed E-state index contributed by atoms with van der Waals surface area (Å²) in [4.78, 5) is 21.0. The Bertz CT molecular complexity index is 1150. The first kappa shape index (κ1) is 20.2. The number of aromatic nitrogens is 2. The van der Waals surface area contributed by atoms with Crippen LogP contribution in [0.4, 0.5) is 5.69 Å². The number of piperidine rings is 1. The van der Waals surface area contributed by atoms with Crippen LogP contribution in [0, 0.1) is 11.8 Å². The average Bonchev–Trinajstić information content (AvgIpc) is 3.16. The van der Waals surface area contributed by atoms with Crippen molar-refractivity contribution in [1.82, 2.24) is 14.3 Å². The summed E-state index contributed by atoms with van der Waals surface area (Å²) in [6, 6.07) is 8.54. The lowest BCUT2D eigenvalue weighted by molar-refractivity contribution is -0.122. The van der Waals surface area contributed by atoms with Crippen LogP contribution in [0.2, 0.25) is 5.15 Å². The molecule has 0 radical (unpaired) electrons. The summed E-state index contributed by atoms with van der Waals surface area (Å²) in [6.45, 7) is 2.45. The fraction of sp³-hybridized carbons (Fsp3) is 0.316. The zero-order valence-corrected chi connectivity index (χ0v) is 18.0. The summed E-state index contributed by atoms with van der Waals surface area (Å²) >= 11 is 7.30. The number of sulfonamides is 1. The Kier molecular flexibility index (Phi) is 5.56. The summed E-state index contributed by atoms with van der Waals surface area (Å²) in [5, 5.41) is 3.19. The smallest absolute Gasteiger partial charge is 0.244 e. The molecule has 1 fully saturated rings. The molecule has 2 atom stereocenters. The minimum Gasteiger partial charge on any atom is -0.326 e. The molecule has 0 aliphatic carbocycles. The molecule has 1 aliphatic heterocycles. The van der Waals surface area contributed by atoms with Crippen molar-refractivity contribution in [3.8, 4) is 0 Å². The second kappa shape index (κ2) is 7.98. The third-order valence-electron chi connectivity index (χ3n) is 5.14. The Hall–Kier alpha value is -2.07. The van der Waals surface area contributed by atoms with Crippen molar-refractivity contribution in [1.29, 1.82) is 0 Å². The molecule has 3 aromatic rings. The predicted octanol–water partition coefficient (Wildman–Crippen LogP) is 3.63. The van der Waals surface area contributed by atoms with Crippen LogP contribution in [0.25, 0.3) is 10.2 Å². The Labute approximate surface area is 177 Å². The predicted molar refractivity (Wildman–Crippen MR) is 114 cm³/mol. The van der Waals surface area contributed by atoms with E-state index in [1.165, 1.54) is 22.6 Å². The number of carbonyl (C=O) groups is 1. The normalized spacial score (nSPS) is 20.6. The number of rotatable bonds is 4. The van der Waals surface area contributed by atoms with Gasteiger partial charge < -0.3 is 5.32 Å².